The van der Waals surface area contributed by atoms with Crippen LogP contribution in [0, 0.1) is 11.3 Å². The van der Waals surface area contributed by atoms with E-state index in [4.69, 9.17) is 4.98 Å². The van der Waals surface area contributed by atoms with Gasteiger partial charge in [-0.25, -0.2) is 0 Å². The van der Waals surface area contributed by atoms with Crippen LogP contribution in [0.4, 0.5) is 17.1 Å². The maximum atomic E-state index is 12.8. The van der Waals surface area contributed by atoms with Crippen LogP contribution in [-0.4, -0.2) is 15.9 Å². The van der Waals surface area contributed by atoms with Crippen LogP contribution in [0.15, 0.2) is 73.1 Å². The number of nitrogens with one attached hydrogen (secondary N) is 2. The second kappa shape index (κ2) is 6.73. The Hall–Kier alpha value is -4.24. The Morgan fingerprint density at radius 3 is 2.79 bits per heavy atom. The number of anilines is 3. The van der Waals surface area contributed by atoms with Crippen molar-refractivity contribution in [3.05, 3.63) is 89.9 Å². The molecule has 29 heavy (non-hydrogen) atoms. The quantitative estimate of drug-likeness (QED) is 0.555. The number of nitrogens with zero attached hydrogens (tertiary/aromatic N) is 3. The number of benzene rings is 2. The molecule has 0 radical (unpaired) electrons. The van der Waals surface area contributed by atoms with E-state index < -0.39 is 5.92 Å². The van der Waals surface area contributed by atoms with Crippen molar-refractivity contribution in [3.63, 3.8) is 0 Å². The monoisotopic (exact) mass is 377 g/mol. The Bertz CT molecular complexity index is 1290. The molecule has 2 aromatic heterocycles. The van der Waals surface area contributed by atoms with Gasteiger partial charge in [0.25, 0.3) is 0 Å². The zero-order chi connectivity index (χ0) is 19.8. The number of para-hydroxylation sites is 1. The van der Waals surface area contributed by atoms with E-state index in [0.29, 0.717) is 11.3 Å². The molecular formula is C23H15N5O. The topological polar surface area (TPSA) is 90.7 Å². The van der Waals surface area contributed by atoms with Gasteiger partial charge in [-0.1, -0.05) is 18.2 Å². The number of carbonyl (C=O) groups is 1. The number of aromatic nitrogens is 2. The van der Waals surface area contributed by atoms with Gasteiger partial charge in [-0.2, -0.15) is 5.26 Å². The van der Waals surface area contributed by atoms with Crippen molar-refractivity contribution in [2.75, 3.05) is 10.6 Å². The number of hydrogen-bond acceptors (Lipinski definition) is 5. The summed E-state index contributed by atoms with van der Waals surface area (Å²) >= 11 is 0. The number of nitriles is 1. The minimum atomic E-state index is -0.572. The van der Waals surface area contributed by atoms with Crippen molar-refractivity contribution >= 4 is 33.9 Å². The third-order valence-corrected chi connectivity index (χ3v) is 4.98. The van der Waals surface area contributed by atoms with Crippen molar-refractivity contribution in [2.24, 2.45) is 0 Å². The molecule has 0 fully saturated rings. The lowest BCUT2D eigenvalue weighted by atomic mass is 9.94. The fourth-order valence-electron chi connectivity index (χ4n) is 3.66. The summed E-state index contributed by atoms with van der Waals surface area (Å²) in [6, 6.07) is 20.8. The fraction of sp³-hybridized carbons (Fsp3) is 0.0435. The van der Waals surface area contributed by atoms with Crippen LogP contribution in [0.2, 0.25) is 0 Å². The molecule has 1 aliphatic rings. The van der Waals surface area contributed by atoms with Crippen molar-refractivity contribution in [3.8, 4) is 6.07 Å². The minimum Gasteiger partial charge on any atom is -0.354 e. The van der Waals surface area contributed by atoms with Crippen LogP contribution < -0.4 is 10.6 Å². The fourth-order valence-corrected chi connectivity index (χ4v) is 3.66. The Labute approximate surface area is 166 Å². The molecule has 1 amide bonds. The van der Waals surface area contributed by atoms with Crippen molar-refractivity contribution in [1.82, 2.24) is 9.97 Å². The highest BCUT2D eigenvalue weighted by atomic mass is 16.2. The molecule has 3 heterocycles. The van der Waals surface area contributed by atoms with Gasteiger partial charge in [0, 0.05) is 23.0 Å². The van der Waals surface area contributed by atoms with Crippen LogP contribution in [0.25, 0.3) is 10.9 Å². The van der Waals surface area contributed by atoms with Gasteiger partial charge in [-0.3, -0.25) is 14.8 Å². The summed E-state index contributed by atoms with van der Waals surface area (Å²) in [5.74, 6) is -0.720. The van der Waals surface area contributed by atoms with Gasteiger partial charge in [0.05, 0.1) is 34.7 Å². The summed E-state index contributed by atoms with van der Waals surface area (Å²) in [6.07, 6.45) is 3.46. The molecular weight excluding hydrogens is 362 g/mol. The van der Waals surface area contributed by atoms with E-state index in [9.17, 15) is 10.1 Å². The lowest BCUT2D eigenvalue weighted by Crippen LogP contribution is -2.15. The molecule has 1 atom stereocenters. The van der Waals surface area contributed by atoms with E-state index in [1.165, 1.54) is 0 Å². The zero-order valence-electron chi connectivity index (χ0n) is 15.3. The summed E-state index contributed by atoms with van der Waals surface area (Å²) < 4.78 is 0. The molecule has 2 aromatic carbocycles. The van der Waals surface area contributed by atoms with Crippen LogP contribution in [0.3, 0.4) is 0 Å². The highest BCUT2D eigenvalue weighted by Gasteiger charge is 2.33. The van der Waals surface area contributed by atoms with E-state index in [0.717, 1.165) is 33.5 Å². The Morgan fingerprint density at radius 2 is 1.97 bits per heavy atom. The molecule has 2 N–H and O–H groups in total. The van der Waals surface area contributed by atoms with Crippen LogP contribution in [0.1, 0.15) is 22.7 Å². The summed E-state index contributed by atoms with van der Waals surface area (Å²) in [4.78, 5) is 21.7. The number of hydrogen-bond donors (Lipinski definition) is 2. The molecule has 0 saturated heterocycles. The van der Waals surface area contributed by atoms with Crippen molar-refractivity contribution < 1.29 is 4.79 Å². The van der Waals surface area contributed by atoms with Gasteiger partial charge >= 0.3 is 0 Å². The van der Waals surface area contributed by atoms with Gasteiger partial charge in [0.1, 0.15) is 5.92 Å². The standard InChI is InChI=1S/C23H15N5O/c24-12-14-7-8-19-17(10-14)22(23(29)28-19)21-11-20(26-15-4-3-9-25-13-15)16-5-1-2-6-18(16)27-21/h1-11,13,22H,(H,26,27)(H,28,29). The van der Waals surface area contributed by atoms with Gasteiger partial charge in [0.15, 0.2) is 0 Å². The van der Waals surface area contributed by atoms with Gasteiger partial charge in [-0.15, -0.1) is 0 Å². The van der Waals surface area contributed by atoms with Crippen molar-refractivity contribution in [2.45, 2.75) is 5.92 Å². The molecule has 1 unspecified atom stereocenters. The number of amides is 1. The van der Waals surface area contributed by atoms with Crippen molar-refractivity contribution in [1.29, 1.82) is 5.26 Å². The Morgan fingerprint density at radius 1 is 1.07 bits per heavy atom. The van der Waals surface area contributed by atoms with Crippen LogP contribution in [-0.2, 0) is 4.79 Å². The largest absolute Gasteiger partial charge is 0.354 e. The van der Waals surface area contributed by atoms with E-state index in [1.54, 1.807) is 30.6 Å². The zero-order valence-corrected chi connectivity index (χ0v) is 15.3. The third-order valence-electron chi connectivity index (χ3n) is 4.98. The lowest BCUT2D eigenvalue weighted by Gasteiger charge is -2.15. The Balaban J connectivity index is 1.67. The number of pyridine rings is 2. The normalized spacial score (nSPS) is 14.9. The first-order valence-electron chi connectivity index (χ1n) is 9.14. The maximum Gasteiger partial charge on any atom is 0.238 e. The lowest BCUT2D eigenvalue weighted by molar-refractivity contribution is -0.116. The molecule has 0 spiro atoms. The van der Waals surface area contributed by atoms with Gasteiger partial charge in [-0.05, 0) is 48.0 Å². The van der Waals surface area contributed by atoms with E-state index >= 15 is 0 Å². The van der Waals surface area contributed by atoms with E-state index in [2.05, 4.69) is 21.7 Å². The summed E-state index contributed by atoms with van der Waals surface area (Å²) in [7, 11) is 0. The average Bonchev–Trinajstić information content (AvgIpc) is 3.09. The average molecular weight is 377 g/mol. The number of rotatable bonds is 3. The summed E-state index contributed by atoms with van der Waals surface area (Å²) in [5.41, 5.74) is 5.10. The SMILES string of the molecule is N#Cc1ccc2c(c1)C(c1cc(Nc3cccnc3)c3ccccc3n1)C(=O)N2. The smallest absolute Gasteiger partial charge is 0.238 e. The highest BCUT2D eigenvalue weighted by molar-refractivity contribution is 6.05. The molecule has 5 rings (SSSR count). The predicted octanol–water partition coefficient (Wildman–Crippen LogP) is 4.33. The van der Waals surface area contributed by atoms with Crippen LogP contribution >= 0.6 is 0 Å². The molecule has 0 saturated carbocycles. The molecule has 4 aromatic rings. The Kier molecular flexibility index (Phi) is 3.92. The van der Waals surface area contributed by atoms with Gasteiger partial charge < -0.3 is 10.6 Å². The first kappa shape index (κ1) is 16.9. The predicted molar refractivity (Wildman–Crippen MR) is 111 cm³/mol. The second-order valence-corrected chi connectivity index (χ2v) is 6.81. The maximum absolute atomic E-state index is 12.8. The number of carbonyl (C=O) groups excluding carboxylic acids is 1. The van der Waals surface area contributed by atoms with Gasteiger partial charge in [0.2, 0.25) is 5.91 Å². The minimum absolute atomic E-state index is 0.148. The molecule has 0 bridgehead atoms. The molecule has 6 nitrogen and oxygen atoms in total. The third kappa shape index (κ3) is 2.95. The highest BCUT2D eigenvalue weighted by Crippen LogP contribution is 2.39. The van der Waals surface area contributed by atoms with E-state index in [-0.39, 0.29) is 5.91 Å². The molecule has 1 aliphatic heterocycles. The summed E-state index contributed by atoms with van der Waals surface area (Å²) in [5, 5.41) is 16.5. The van der Waals surface area contributed by atoms with Crippen LogP contribution in [0.5, 0.6) is 0 Å². The number of fused-ring (bicyclic) bond motifs is 2. The molecule has 138 valence electrons. The first-order chi connectivity index (χ1) is 14.2. The second-order valence-electron chi connectivity index (χ2n) is 6.81. The van der Waals surface area contributed by atoms with E-state index in [1.807, 2.05) is 42.5 Å². The summed E-state index contributed by atoms with van der Waals surface area (Å²) in [6.45, 7) is 0. The molecule has 0 aliphatic carbocycles. The molecule has 6 heteroatoms. The first-order valence-corrected chi connectivity index (χ1v) is 9.14.